The Kier molecular flexibility index (Phi) is 7.64. The van der Waals surface area contributed by atoms with Gasteiger partial charge in [-0.15, -0.1) is 10.2 Å². The van der Waals surface area contributed by atoms with Crippen LogP contribution in [0.4, 0.5) is 27.3 Å². The second-order valence-corrected chi connectivity index (χ2v) is 9.97. The Morgan fingerprint density at radius 3 is 2.73 bits per heavy atom. The number of halogens is 3. The Morgan fingerprint density at radius 1 is 1.14 bits per heavy atom. The number of rotatable bonds is 6. The third kappa shape index (κ3) is 5.58. The molecular formula is C26H28Cl2FN7O. The highest BCUT2D eigenvalue weighted by Crippen LogP contribution is 2.33. The third-order valence-electron chi connectivity index (χ3n) is 6.88. The van der Waals surface area contributed by atoms with Gasteiger partial charge in [0.05, 0.1) is 10.7 Å². The maximum Gasteiger partial charge on any atom is 0.276 e. The summed E-state index contributed by atoms with van der Waals surface area (Å²) in [5.41, 5.74) is 3.08. The number of hydrogen-bond donors (Lipinski definition) is 3. The molecule has 2 aliphatic rings. The molecule has 0 bridgehead atoms. The van der Waals surface area contributed by atoms with Crippen LogP contribution in [0.3, 0.4) is 0 Å². The quantitative estimate of drug-likeness (QED) is 0.385. The Bertz CT molecular complexity index is 1300. The van der Waals surface area contributed by atoms with Crippen LogP contribution in [-0.2, 0) is 6.54 Å². The maximum atomic E-state index is 14.1. The Hall–Kier alpha value is -3.14. The van der Waals surface area contributed by atoms with Gasteiger partial charge in [0, 0.05) is 60.7 Å². The van der Waals surface area contributed by atoms with E-state index in [-0.39, 0.29) is 23.2 Å². The summed E-state index contributed by atoms with van der Waals surface area (Å²) in [6.07, 6.45) is 2.16. The highest BCUT2D eigenvalue weighted by Gasteiger charge is 2.24. The Balaban J connectivity index is 1.33. The van der Waals surface area contributed by atoms with Crippen LogP contribution in [0.25, 0.3) is 0 Å². The number of piperidine rings is 1. The molecule has 5 rings (SSSR count). The average Bonchev–Trinajstić information content (AvgIpc) is 2.93. The molecule has 0 radical (unpaired) electrons. The van der Waals surface area contributed by atoms with Gasteiger partial charge in [0.2, 0.25) is 0 Å². The van der Waals surface area contributed by atoms with Crippen LogP contribution >= 0.6 is 23.2 Å². The van der Waals surface area contributed by atoms with Gasteiger partial charge in [-0.05, 0) is 56.3 Å². The molecule has 194 valence electrons. The fraction of sp³-hybridized carbons (Fsp3) is 0.346. The van der Waals surface area contributed by atoms with E-state index in [1.165, 1.54) is 12.1 Å². The predicted molar refractivity (Wildman–Crippen MR) is 147 cm³/mol. The molecule has 1 fully saturated rings. The van der Waals surface area contributed by atoms with Crippen molar-refractivity contribution in [2.45, 2.75) is 25.4 Å². The first kappa shape index (κ1) is 25.5. The first-order chi connectivity index (χ1) is 17.9. The van der Waals surface area contributed by atoms with Crippen molar-refractivity contribution in [3.63, 3.8) is 0 Å². The minimum absolute atomic E-state index is 0.0115. The topological polar surface area (TPSA) is 85.4 Å². The maximum absolute atomic E-state index is 14.1. The zero-order chi connectivity index (χ0) is 25.9. The lowest BCUT2D eigenvalue weighted by atomic mass is 10.0. The minimum Gasteiger partial charge on any atom is -0.371 e. The van der Waals surface area contributed by atoms with Gasteiger partial charge in [-0.25, -0.2) is 4.39 Å². The normalized spacial score (nSPS) is 15.8. The van der Waals surface area contributed by atoms with Gasteiger partial charge in [-0.1, -0.05) is 29.3 Å². The summed E-state index contributed by atoms with van der Waals surface area (Å²) in [5, 5.41) is 18.2. The van der Waals surface area contributed by atoms with E-state index in [1.54, 1.807) is 6.07 Å². The third-order valence-corrected chi connectivity index (χ3v) is 7.64. The first-order valence-electron chi connectivity index (χ1n) is 12.3. The molecule has 2 aromatic carbocycles. The second-order valence-electron chi connectivity index (χ2n) is 9.19. The zero-order valence-corrected chi connectivity index (χ0v) is 21.9. The number of fused-ring (bicyclic) bond motifs is 1. The van der Waals surface area contributed by atoms with E-state index in [9.17, 15) is 9.18 Å². The molecule has 0 atom stereocenters. The van der Waals surface area contributed by atoms with Crippen molar-refractivity contribution < 1.29 is 9.18 Å². The van der Waals surface area contributed by atoms with Crippen LogP contribution < -0.4 is 25.8 Å². The van der Waals surface area contributed by atoms with Crippen LogP contribution in [0.5, 0.6) is 0 Å². The molecule has 37 heavy (non-hydrogen) atoms. The Morgan fingerprint density at radius 2 is 1.95 bits per heavy atom. The van der Waals surface area contributed by atoms with Crippen molar-refractivity contribution in [2.75, 3.05) is 53.7 Å². The highest BCUT2D eigenvalue weighted by molar-refractivity contribution is 6.36. The lowest BCUT2D eigenvalue weighted by molar-refractivity contribution is 0.102. The van der Waals surface area contributed by atoms with E-state index >= 15 is 0 Å². The molecule has 1 amide bonds. The summed E-state index contributed by atoms with van der Waals surface area (Å²) in [4.78, 5) is 17.4. The van der Waals surface area contributed by atoms with Gasteiger partial charge in [-0.2, -0.15) is 0 Å². The fourth-order valence-electron chi connectivity index (χ4n) is 4.76. The number of nitrogens with zero attached hydrogens (tertiary/aromatic N) is 4. The fourth-order valence-corrected chi connectivity index (χ4v) is 5.25. The number of benzene rings is 2. The van der Waals surface area contributed by atoms with Crippen molar-refractivity contribution >= 4 is 52.0 Å². The molecule has 1 saturated heterocycles. The number of nitrogens with one attached hydrogen (secondary N) is 3. The van der Waals surface area contributed by atoms with Crippen LogP contribution in [0.2, 0.25) is 10.0 Å². The molecular weight excluding hydrogens is 516 g/mol. The summed E-state index contributed by atoms with van der Waals surface area (Å²) in [5.74, 6) is -0.356. The number of carbonyl (C=O) groups excluding carboxylic acids is 1. The summed E-state index contributed by atoms with van der Waals surface area (Å²) in [7, 11) is 2.00. The SMILES string of the molecule is CNC1CCN(c2cccc(NC(=O)c3cc4c(nn3)NCCN4Cc3c(Cl)ccc(F)c3Cl)c2)CC1. The van der Waals surface area contributed by atoms with Crippen LogP contribution in [0, 0.1) is 5.82 Å². The monoisotopic (exact) mass is 543 g/mol. The molecule has 8 nitrogen and oxygen atoms in total. The van der Waals surface area contributed by atoms with Gasteiger partial charge in [0.15, 0.2) is 11.5 Å². The zero-order valence-electron chi connectivity index (χ0n) is 20.4. The molecule has 3 heterocycles. The molecule has 2 aliphatic heterocycles. The van der Waals surface area contributed by atoms with E-state index in [2.05, 4.69) is 37.1 Å². The van der Waals surface area contributed by atoms with E-state index < -0.39 is 5.82 Å². The number of amides is 1. The molecule has 11 heteroatoms. The van der Waals surface area contributed by atoms with Gasteiger partial charge in [0.25, 0.3) is 5.91 Å². The molecule has 0 spiro atoms. The molecule has 0 unspecified atom stereocenters. The Labute approximate surface area is 225 Å². The number of anilines is 4. The predicted octanol–water partition coefficient (Wildman–Crippen LogP) is 4.80. The van der Waals surface area contributed by atoms with Gasteiger partial charge in [-0.3, -0.25) is 4.79 Å². The van der Waals surface area contributed by atoms with Crippen molar-refractivity contribution in [1.29, 1.82) is 0 Å². The second kappa shape index (κ2) is 11.1. The average molecular weight is 544 g/mol. The van der Waals surface area contributed by atoms with Crippen LogP contribution in [0.1, 0.15) is 28.9 Å². The molecule has 3 N–H and O–H groups in total. The summed E-state index contributed by atoms with van der Waals surface area (Å²) >= 11 is 12.5. The summed E-state index contributed by atoms with van der Waals surface area (Å²) in [6, 6.07) is 12.8. The summed E-state index contributed by atoms with van der Waals surface area (Å²) < 4.78 is 14.1. The number of carbonyl (C=O) groups is 1. The summed E-state index contributed by atoms with van der Waals surface area (Å²) in [6.45, 7) is 3.39. The molecule has 0 aliphatic carbocycles. The van der Waals surface area contributed by atoms with Crippen LogP contribution in [-0.4, -0.2) is 55.4 Å². The van der Waals surface area contributed by atoms with Gasteiger partial charge >= 0.3 is 0 Å². The molecule has 1 aromatic heterocycles. The number of hydrogen-bond acceptors (Lipinski definition) is 7. The molecule has 3 aromatic rings. The first-order valence-corrected chi connectivity index (χ1v) is 13.0. The molecule has 0 saturated carbocycles. The van der Waals surface area contributed by atoms with E-state index in [0.717, 1.165) is 31.6 Å². The van der Waals surface area contributed by atoms with Crippen molar-refractivity contribution in [1.82, 2.24) is 15.5 Å². The van der Waals surface area contributed by atoms with E-state index in [1.807, 2.05) is 30.1 Å². The van der Waals surface area contributed by atoms with Gasteiger partial charge in [0.1, 0.15) is 5.82 Å². The lowest BCUT2D eigenvalue weighted by Crippen LogP contribution is -2.41. The van der Waals surface area contributed by atoms with E-state index in [4.69, 9.17) is 23.2 Å². The standard InChI is InChI=1S/C26H28Cl2FN7O/c1-30-16-7-10-35(11-8-16)18-4-2-3-17(13-18)32-26(37)22-14-23-25(34-33-22)31-9-12-36(23)15-19-20(27)5-6-21(29)24(19)28/h2-6,13-14,16,30H,7-12,15H2,1H3,(H,31,34)(H,32,37). The van der Waals surface area contributed by atoms with Crippen molar-refractivity contribution in [2.24, 2.45) is 0 Å². The largest absolute Gasteiger partial charge is 0.371 e. The number of aromatic nitrogens is 2. The smallest absolute Gasteiger partial charge is 0.276 e. The van der Waals surface area contributed by atoms with Crippen molar-refractivity contribution in [3.05, 3.63) is 69.6 Å². The highest BCUT2D eigenvalue weighted by atomic mass is 35.5. The minimum atomic E-state index is -0.530. The van der Waals surface area contributed by atoms with Crippen molar-refractivity contribution in [3.8, 4) is 0 Å². The van der Waals surface area contributed by atoms with E-state index in [0.29, 0.717) is 46.9 Å². The lowest BCUT2D eigenvalue weighted by Gasteiger charge is -2.33. The van der Waals surface area contributed by atoms with Crippen LogP contribution in [0.15, 0.2) is 42.5 Å². The van der Waals surface area contributed by atoms with Gasteiger partial charge < -0.3 is 25.8 Å².